The number of unbranched alkanes of at least 4 members (excludes halogenated alkanes) is 12. The van der Waals surface area contributed by atoms with E-state index in [0.29, 0.717) is 0 Å². The van der Waals surface area contributed by atoms with Gasteiger partial charge < -0.3 is 5.11 Å². The summed E-state index contributed by atoms with van der Waals surface area (Å²) < 4.78 is 0. The van der Waals surface area contributed by atoms with Gasteiger partial charge in [-0.15, -0.1) is 0 Å². The summed E-state index contributed by atoms with van der Waals surface area (Å²) >= 11 is 0. The third kappa shape index (κ3) is 20.8. The first kappa shape index (κ1) is 21.8. The van der Waals surface area contributed by atoms with Crippen molar-refractivity contribution in [2.75, 3.05) is 0 Å². The second kappa shape index (κ2) is 20.8. The molecule has 0 rings (SSSR count). The Kier molecular flexibility index (Phi) is 19.6. The van der Waals surface area contributed by atoms with Crippen molar-refractivity contribution in [3.05, 3.63) is 48.8 Å². The van der Waals surface area contributed by atoms with E-state index in [9.17, 15) is 0 Å². The lowest BCUT2D eigenvalue weighted by Gasteiger charge is -2.02. The molecule has 0 aromatic carbocycles. The molecule has 0 aromatic rings. The van der Waals surface area contributed by atoms with Crippen LogP contribution < -0.4 is 0 Å². The highest BCUT2D eigenvalue weighted by atomic mass is 16.2. The quantitative estimate of drug-likeness (QED) is 0.175. The number of rotatable bonds is 16. The minimum absolute atomic E-state index is 1.04. The van der Waals surface area contributed by atoms with Crippen molar-refractivity contribution in [3.63, 3.8) is 0 Å². The van der Waals surface area contributed by atoms with Crippen LogP contribution in [-0.4, -0.2) is 5.11 Å². The molecule has 1 heteroatoms. The predicted octanol–water partition coefficient (Wildman–Crippen LogP) is 7.82. The zero-order valence-electron chi connectivity index (χ0n) is 15.3. The molecule has 0 unspecified atom stereocenters. The summed E-state index contributed by atoms with van der Waals surface area (Å²) in [6.07, 6.45) is 32.8. The molecule has 0 amide bonds. The van der Waals surface area contributed by atoms with Crippen LogP contribution in [-0.2, 0) is 0 Å². The van der Waals surface area contributed by atoms with E-state index in [2.05, 4.69) is 19.1 Å². The summed E-state index contributed by atoms with van der Waals surface area (Å²) in [6.45, 7) is 2.28. The summed E-state index contributed by atoms with van der Waals surface area (Å²) in [6, 6.07) is 0. The Morgan fingerprint density at radius 3 is 1.48 bits per heavy atom. The molecule has 0 atom stereocenters. The molecule has 0 aliphatic heterocycles. The molecule has 23 heavy (non-hydrogen) atoms. The van der Waals surface area contributed by atoms with Crippen LogP contribution in [0.3, 0.4) is 0 Å². The lowest BCUT2D eigenvalue weighted by Crippen LogP contribution is -1.82. The van der Waals surface area contributed by atoms with E-state index in [1.165, 1.54) is 83.5 Å². The van der Waals surface area contributed by atoms with Crippen LogP contribution in [0.15, 0.2) is 48.8 Å². The normalized spacial score (nSPS) is 12.6. The lowest BCUT2D eigenvalue weighted by atomic mass is 10.0. The Morgan fingerprint density at radius 1 is 0.522 bits per heavy atom. The van der Waals surface area contributed by atoms with Gasteiger partial charge in [0.15, 0.2) is 0 Å². The second-order valence-corrected chi connectivity index (χ2v) is 6.22. The predicted molar refractivity (Wildman–Crippen MR) is 105 cm³/mol. The van der Waals surface area contributed by atoms with Gasteiger partial charge in [-0.2, -0.15) is 0 Å². The summed E-state index contributed by atoms with van der Waals surface area (Å²) in [4.78, 5) is 0. The van der Waals surface area contributed by atoms with E-state index in [0.717, 1.165) is 6.26 Å². The molecule has 1 N–H and O–H groups in total. The average molecular weight is 319 g/mol. The Hall–Kier alpha value is -1.24. The van der Waals surface area contributed by atoms with Crippen LogP contribution in [0.5, 0.6) is 0 Å². The van der Waals surface area contributed by atoms with E-state index >= 15 is 0 Å². The second-order valence-electron chi connectivity index (χ2n) is 6.22. The van der Waals surface area contributed by atoms with Crippen LogP contribution >= 0.6 is 0 Å². The monoisotopic (exact) mass is 318 g/mol. The van der Waals surface area contributed by atoms with Gasteiger partial charge in [-0.1, -0.05) is 114 Å². The third-order valence-corrected chi connectivity index (χ3v) is 4.00. The van der Waals surface area contributed by atoms with Crippen LogP contribution in [0.1, 0.15) is 90.4 Å². The maximum Gasteiger partial charge on any atom is 0.0791 e. The van der Waals surface area contributed by atoms with Crippen molar-refractivity contribution >= 4 is 0 Å². The van der Waals surface area contributed by atoms with Gasteiger partial charge in [-0.25, -0.2) is 0 Å². The van der Waals surface area contributed by atoms with Crippen molar-refractivity contribution in [1.82, 2.24) is 0 Å². The minimum atomic E-state index is 1.04. The Balaban J connectivity index is 3.18. The summed E-state index contributed by atoms with van der Waals surface area (Å²) in [5, 5.41) is 8.44. The zero-order valence-corrected chi connectivity index (χ0v) is 15.3. The van der Waals surface area contributed by atoms with E-state index in [-0.39, 0.29) is 0 Å². The first-order valence-electron chi connectivity index (χ1n) is 9.71. The van der Waals surface area contributed by atoms with Crippen LogP contribution in [0.2, 0.25) is 0 Å². The van der Waals surface area contributed by atoms with Gasteiger partial charge in [0.2, 0.25) is 0 Å². The molecular weight excluding hydrogens is 280 g/mol. The van der Waals surface area contributed by atoms with Gasteiger partial charge in [-0.05, 0) is 18.9 Å². The van der Waals surface area contributed by atoms with Gasteiger partial charge in [-0.3, -0.25) is 0 Å². The molecule has 0 heterocycles. The Morgan fingerprint density at radius 2 is 0.957 bits per heavy atom. The van der Waals surface area contributed by atoms with E-state index in [1.54, 1.807) is 12.2 Å². The van der Waals surface area contributed by atoms with Crippen molar-refractivity contribution in [2.24, 2.45) is 0 Å². The van der Waals surface area contributed by atoms with Crippen molar-refractivity contribution in [3.8, 4) is 0 Å². The van der Waals surface area contributed by atoms with Crippen molar-refractivity contribution in [1.29, 1.82) is 0 Å². The van der Waals surface area contributed by atoms with E-state index in [1.807, 2.05) is 18.2 Å². The lowest BCUT2D eigenvalue weighted by molar-refractivity contribution is 0.474. The number of aliphatic hydroxyl groups is 1. The molecule has 1 nitrogen and oxygen atoms in total. The zero-order chi connectivity index (χ0) is 16.8. The molecule has 0 aliphatic rings. The van der Waals surface area contributed by atoms with E-state index < -0.39 is 0 Å². The maximum atomic E-state index is 8.44. The molecule has 0 bridgehead atoms. The molecule has 0 saturated carbocycles. The van der Waals surface area contributed by atoms with Gasteiger partial charge in [0.05, 0.1) is 6.26 Å². The Labute approximate surface area is 144 Å². The minimum Gasteiger partial charge on any atom is -0.516 e. The topological polar surface area (TPSA) is 20.2 Å². The van der Waals surface area contributed by atoms with Crippen molar-refractivity contribution in [2.45, 2.75) is 90.4 Å². The van der Waals surface area contributed by atoms with Crippen LogP contribution in [0, 0.1) is 0 Å². The Bertz CT molecular complexity index is 323. The largest absolute Gasteiger partial charge is 0.516 e. The summed E-state index contributed by atoms with van der Waals surface area (Å²) in [5.74, 6) is 0. The first-order valence-corrected chi connectivity index (χ1v) is 9.71. The maximum absolute atomic E-state index is 8.44. The highest BCUT2D eigenvalue weighted by Gasteiger charge is 1.92. The number of aliphatic hydroxyl groups excluding tert-OH is 1. The molecular formula is C22H38O. The molecule has 0 saturated heterocycles. The fourth-order valence-corrected chi connectivity index (χ4v) is 2.58. The fraction of sp³-hybridized carbons (Fsp3) is 0.636. The fourth-order valence-electron chi connectivity index (χ4n) is 2.58. The van der Waals surface area contributed by atoms with Gasteiger partial charge in [0, 0.05) is 0 Å². The average Bonchev–Trinajstić information content (AvgIpc) is 2.57. The van der Waals surface area contributed by atoms with Gasteiger partial charge >= 0.3 is 0 Å². The number of hydrogen-bond donors (Lipinski definition) is 1. The van der Waals surface area contributed by atoms with Crippen LogP contribution in [0.4, 0.5) is 0 Å². The van der Waals surface area contributed by atoms with Crippen molar-refractivity contribution < 1.29 is 5.11 Å². The molecule has 132 valence electrons. The molecule has 0 fully saturated rings. The van der Waals surface area contributed by atoms with E-state index in [4.69, 9.17) is 5.11 Å². The highest BCUT2D eigenvalue weighted by Crippen LogP contribution is 2.12. The third-order valence-electron chi connectivity index (χ3n) is 4.00. The number of hydrogen-bond acceptors (Lipinski definition) is 1. The molecule has 0 aromatic heterocycles. The summed E-state index contributed by atoms with van der Waals surface area (Å²) in [5.41, 5.74) is 0. The summed E-state index contributed by atoms with van der Waals surface area (Å²) in [7, 11) is 0. The molecule has 0 spiro atoms. The smallest absolute Gasteiger partial charge is 0.0791 e. The van der Waals surface area contributed by atoms with Gasteiger partial charge in [0.25, 0.3) is 0 Å². The van der Waals surface area contributed by atoms with Gasteiger partial charge in [0.1, 0.15) is 0 Å². The molecule has 0 aliphatic carbocycles. The first-order chi connectivity index (χ1) is 11.4. The molecule has 0 radical (unpaired) electrons. The SMILES string of the molecule is CCCCCCCCCCCCCCC=CC=CC=CC=CO. The number of allylic oxidation sites excluding steroid dienone is 7. The highest BCUT2D eigenvalue weighted by molar-refractivity contribution is 5.14. The standard InChI is InChI=1S/C22H38O/c1-2-3-4-5-6-7-8-9-10-11-12-13-14-15-16-17-18-19-20-21-22-23/h15-23H,2-14H2,1H3. The van der Waals surface area contributed by atoms with Crippen LogP contribution in [0.25, 0.3) is 0 Å².